The lowest BCUT2D eigenvalue weighted by molar-refractivity contribution is 0.104. The number of rotatable bonds is 1. The summed E-state index contributed by atoms with van der Waals surface area (Å²) in [6, 6.07) is 10.2. The minimum absolute atomic E-state index is 0.0245. The van der Waals surface area contributed by atoms with Crippen LogP contribution in [0.1, 0.15) is 15.9 Å². The maximum atomic E-state index is 12.1. The van der Waals surface area contributed by atoms with Gasteiger partial charge in [0.2, 0.25) is 6.79 Å². The van der Waals surface area contributed by atoms with Crippen molar-refractivity contribution < 1.29 is 19.0 Å². The molecule has 0 unspecified atom stereocenters. The highest BCUT2D eigenvalue weighted by Gasteiger charge is 2.11. The third-order valence-electron chi connectivity index (χ3n) is 3.36. The number of hydrogen-bond donors (Lipinski definition) is 1. The summed E-state index contributed by atoms with van der Waals surface area (Å²) < 4.78 is 16.3. The van der Waals surface area contributed by atoms with E-state index in [-0.39, 0.29) is 12.6 Å². The quantitative estimate of drug-likeness (QED) is 0.819. The smallest absolute Gasteiger partial charge is 0.231 e. The van der Waals surface area contributed by atoms with E-state index in [1.54, 1.807) is 42.5 Å². The lowest BCUT2D eigenvalue weighted by Crippen LogP contribution is -2.07. The molecular weight excluding hydrogens is 282 g/mol. The fourth-order valence-corrected chi connectivity index (χ4v) is 2.15. The second-order valence-electron chi connectivity index (χ2n) is 4.76. The molecule has 2 aromatic carbocycles. The van der Waals surface area contributed by atoms with Gasteiger partial charge in [0.05, 0.1) is 7.11 Å². The van der Waals surface area contributed by atoms with Gasteiger partial charge in [-0.1, -0.05) is 0 Å². The highest BCUT2D eigenvalue weighted by Crippen LogP contribution is 2.33. The van der Waals surface area contributed by atoms with Crippen LogP contribution < -0.4 is 19.9 Å². The van der Waals surface area contributed by atoms with Crippen LogP contribution in [0.3, 0.4) is 0 Å². The molecule has 2 heterocycles. The predicted molar refractivity (Wildman–Crippen MR) is 83.3 cm³/mol. The zero-order valence-corrected chi connectivity index (χ0v) is 12.0. The Bertz CT molecular complexity index is 735. The van der Waals surface area contributed by atoms with E-state index < -0.39 is 0 Å². The number of ketones is 1. The molecule has 22 heavy (non-hydrogen) atoms. The molecule has 0 saturated heterocycles. The topological polar surface area (TPSA) is 70.8 Å². The number of carbonyl (C=O) groups is 1. The number of nitrogens with two attached hydrogens (primary N) is 1. The van der Waals surface area contributed by atoms with Crippen molar-refractivity contribution in [2.24, 2.45) is 0 Å². The van der Waals surface area contributed by atoms with Crippen molar-refractivity contribution >= 4 is 17.5 Å². The monoisotopic (exact) mass is 297 g/mol. The molecular formula is C17H15NO4. The average Bonchev–Trinajstić information content (AvgIpc) is 2.56. The van der Waals surface area contributed by atoms with Gasteiger partial charge in [0.25, 0.3) is 0 Å². The maximum Gasteiger partial charge on any atom is 0.231 e. The van der Waals surface area contributed by atoms with Crippen molar-refractivity contribution in [1.29, 1.82) is 0 Å². The van der Waals surface area contributed by atoms with Gasteiger partial charge in [-0.15, -0.1) is 0 Å². The summed E-state index contributed by atoms with van der Waals surface area (Å²) in [6.07, 6.45) is 3.15. The third-order valence-corrected chi connectivity index (χ3v) is 3.36. The number of methoxy groups -OCH3 is 1. The van der Waals surface area contributed by atoms with Crippen LogP contribution in [0.25, 0.3) is 6.08 Å². The molecule has 4 bridgehead atoms. The molecule has 0 radical (unpaired) electrons. The molecule has 2 N–H and O–H groups in total. The molecule has 2 aromatic rings. The summed E-state index contributed by atoms with van der Waals surface area (Å²) in [7, 11) is 1.54. The summed E-state index contributed by atoms with van der Waals surface area (Å²) in [6.45, 7) is 0.0245. The highest BCUT2D eigenvalue weighted by molar-refractivity contribution is 6.07. The van der Waals surface area contributed by atoms with E-state index in [1.807, 2.05) is 0 Å². The maximum absolute atomic E-state index is 12.1. The molecule has 0 fully saturated rings. The number of carbonyl (C=O) groups excluding carboxylic acids is 1. The number of benzene rings is 2. The first-order valence-corrected chi connectivity index (χ1v) is 6.73. The van der Waals surface area contributed by atoms with Crippen molar-refractivity contribution in [1.82, 2.24) is 0 Å². The third kappa shape index (κ3) is 2.74. The van der Waals surface area contributed by atoms with Gasteiger partial charge in [-0.25, -0.2) is 0 Å². The number of nitrogen functional groups attached to an aromatic ring is 1. The second-order valence-corrected chi connectivity index (χ2v) is 4.76. The first-order chi connectivity index (χ1) is 10.7. The zero-order valence-electron chi connectivity index (χ0n) is 12.0. The number of fused-ring (bicyclic) bond motifs is 5. The van der Waals surface area contributed by atoms with E-state index in [9.17, 15) is 4.79 Å². The van der Waals surface area contributed by atoms with Crippen LogP contribution in [0, 0.1) is 0 Å². The van der Waals surface area contributed by atoms with Gasteiger partial charge in [0, 0.05) is 22.9 Å². The summed E-state index contributed by atoms with van der Waals surface area (Å²) in [5, 5.41) is 0. The Labute approximate surface area is 127 Å². The standard InChI is InChI=1S/C17H15NO4/c1-20-16-9-14(18)12-4-7-15(19)11-2-5-13(6-3-11)21-10-22-17(16)8-12/h2-9H,10,18H2,1H3/b7-4+. The number of allylic oxidation sites excluding steroid dienone is 1. The Kier molecular flexibility index (Phi) is 3.70. The average molecular weight is 297 g/mol. The predicted octanol–water partition coefficient (Wildman–Crippen LogP) is 2.90. The van der Waals surface area contributed by atoms with Crippen LogP contribution in [-0.4, -0.2) is 19.7 Å². The van der Waals surface area contributed by atoms with E-state index in [4.69, 9.17) is 19.9 Å². The minimum atomic E-state index is -0.108. The van der Waals surface area contributed by atoms with Crippen LogP contribution in [0.4, 0.5) is 5.69 Å². The van der Waals surface area contributed by atoms with E-state index in [0.29, 0.717) is 34.1 Å². The SMILES string of the molecule is COc1cc(N)c2cc1OCOc1ccc(cc1)C(=O)/C=C/2. The molecule has 5 nitrogen and oxygen atoms in total. The largest absolute Gasteiger partial charge is 0.493 e. The van der Waals surface area contributed by atoms with Crippen molar-refractivity contribution in [3.8, 4) is 17.2 Å². The molecule has 2 aliphatic rings. The summed E-state index contributed by atoms with van der Waals surface area (Å²) in [5.74, 6) is 1.52. The van der Waals surface area contributed by atoms with Crippen LogP contribution >= 0.6 is 0 Å². The van der Waals surface area contributed by atoms with Crippen molar-refractivity contribution in [3.05, 3.63) is 53.6 Å². The summed E-state index contributed by atoms with van der Waals surface area (Å²) >= 11 is 0. The van der Waals surface area contributed by atoms with Crippen LogP contribution in [0.15, 0.2) is 42.5 Å². The van der Waals surface area contributed by atoms with Crippen LogP contribution in [0.2, 0.25) is 0 Å². The first-order valence-electron chi connectivity index (χ1n) is 6.73. The van der Waals surface area contributed by atoms with Gasteiger partial charge >= 0.3 is 0 Å². The van der Waals surface area contributed by atoms with Gasteiger partial charge in [-0.05, 0) is 42.5 Å². The van der Waals surface area contributed by atoms with Crippen molar-refractivity contribution in [2.75, 3.05) is 19.6 Å². The van der Waals surface area contributed by atoms with E-state index in [1.165, 1.54) is 13.2 Å². The molecule has 0 spiro atoms. The lowest BCUT2D eigenvalue weighted by Gasteiger charge is -2.13. The molecule has 0 amide bonds. The van der Waals surface area contributed by atoms with E-state index in [0.717, 1.165) is 0 Å². The number of anilines is 1. The molecule has 5 heteroatoms. The Morgan fingerprint density at radius 2 is 1.86 bits per heavy atom. The fraction of sp³-hybridized carbons (Fsp3) is 0.118. The molecule has 0 atom stereocenters. The summed E-state index contributed by atoms with van der Waals surface area (Å²) in [4.78, 5) is 12.1. The Morgan fingerprint density at radius 1 is 1.09 bits per heavy atom. The van der Waals surface area contributed by atoms with Crippen molar-refractivity contribution in [2.45, 2.75) is 0 Å². The zero-order chi connectivity index (χ0) is 15.5. The van der Waals surface area contributed by atoms with Gasteiger partial charge in [-0.3, -0.25) is 4.79 Å². The first kappa shape index (κ1) is 14.0. The van der Waals surface area contributed by atoms with Gasteiger partial charge in [-0.2, -0.15) is 0 Å². The minimum Gasteiger partial charge on any atom is -0.493 e. The lowest BCUT2D eigenvalue weighted by atomic mass is 10.1. The van der Waals surface area contributed by atoms with Crippen LogP contribution in [0.5, 0.6) is 17.2 Å². The number of hydrogen-bond acceptors (Lipinski definition) is 5. The van der Waals surface area contributed by atoms with Crippen LogP contribution in [-0.2, 0) is 0 Å². The van der Waals surface area contributed by atoms with Crippen molar-refractivity contribution in [3.63, 3.8) is 0 Å². The normalized spacial score (nSPS) is 14.9. The molecule has 2 aliphatic heterocycles. The highest BCUT2D eigenvalue weighted by atomic mass is 16.7. The Balaban J connectivity index is 2.06. The van der Waals surface area contributed by atoms with Gasteiger partial charge in [0.1, 0.15) is 5.75 Å². The second kappa shape index (κ2) is 5.81. The number of ether oxygens (including phenoxy) is 3. The molecule has 4 rings (SSSR count). The summed E-state index contributed by atoms with van der Waals surface area (Å²) in [5.41, 5.74) is 7.73. The van der Waals surface area contributed by atoms with Gasteiger partial charge in [0.15, 0.2) is 17.3 Å². The Hall–Kier alpha value is -2.95. The molecule has 0 saturated carbocycles. The fourth-order valence-electron chi connectivity index (χ4n) is 2.15. The van der Waals surface area contributed by atoms with E-state index >= 15 is 0 Å². The Morgan fingerprint density at radius 3 is 2.59 bits per heavy atom. The van der Waals surface area contributed by atoms with Gasteiger partial charge < -0.3 is 19.9 Å². The molecule has 0 aliphatic carbocycles. The van der Waals surface area contributed by atoms with E-state index in [2.05, 4.69) is 0 Å². The molecule has 112 valence electrons. The molecule has 0 aromatic heterocycles.